The molecule has 120 valence electrons. The molecule has 1 amide bonds. The van der Waals surface area contributed by atoms with Crippen LogP contribution in [-0.2, 0) is 7.05 Å². The molecule has 7 nitrogen and oxygen atoms in total. The number of carbonyl (C=O) groups excluding carboxylic acids is 1. The highest BCUT2D eigenvalue weighted by molar-refractivity contribution is 6.00. The number of amides is 1. The molecule has 0 aliphatic carbocycles. The Labute approximate surface area is 133 Å². The number of fused-ring (bicyclic) bond motifs is 1. The van der Waals surface area contributed by atoms with Crippen molar-refractivity contribution >= 4 is 11.6 Å². The molecule has 3 aromatic rings. The largest absolute Gasteiger partial charge is 0.361 e. The lowest BCUT2D eigenvalue weighted by Crippen LogP contribution is -2.31. The number of hydrogen-bond acceptors (Lipinski definition) is 4. The molecule has 7 heteroatoms. The van der Waals surface area contributed by atoms with Gasteiger partial charge in [-0.05, 0) is 26.7 Å². The maximum atomic E-state index is 13.1. The number of rotatable bonds is 2. The lowest BCUT2D eigenvalue weighted by Gasteiger charge is -2.24. The van der Waals surface area contributed by atoms with E-state index in [1.807, 2.05) is 42.8 Å². The van der Waals surface area contributed by atoms with E-state index in [2.05, 4.69) is 10.3 Å². The van der Waals surface area contributed by atoms with Crippen LogP contribution in [0.15, 0.2) is 23.1 Å². The van der Waals surface area contributed by atoms with Crippen LogP contribution in [0, 0.1) is 13.8 Å². The van der Waals surface area contributed by atoms with E-state index < -0.39 is 0 Å². The number of imidazole rings is 1. The topological polar surface area (TPSA) is 68.6 Å². The van der Waals surface area contributed by atoms with E-state index in [4.69, 9.17) is 4.52 Å². The fourth-order valence-corrected chi connectivity index (χ4v) is 3.63. The van der Waals surface area contributed by atoms with Gasteiger partial charge in [-0.1, -0.05) is 5.16 Å². The lowest BCUT2D eigenvalue weighted by atomic mass is 10.0. The predicted octanol–water partition coefficient (Wildman–Crippen LogP) is 2.25. The lowest BCUT2D eigenvalue weighted by molar-refractivity contribution is 0.0736. The second kappa shape index (κ2) is 4.97. The van der Waals surface area contributed by atoms with Gasteiger partial charge in [0, 0.05) is 31.5 Å². The van der Waals surface area contributed by atoms with Crippen molar-refractivity contribution in [3.8, 4) is 0 Å². The maximum Gasteiger partial charge on any atom is 0.259 e. The van der Waals surface area contributed by atoms with Crippen LogP contribution in [0.3, 0.4) is 0 Å². The quantitative estimate of drug-likeness (QED) is 0.727. The summed E-state index contributed by atoms with van der Waals surface area (Å²) in [6.45, 7) is 4.59. The Morgan fingerprint density at radius 3 is 2.91 bits per heavy atom. The number of carbonyl (C=O) groups is 1. The number of likely N-dealkylation sites (tertiary alicyclic amines) is 1. The zero-order valence-electron chi connectivity index (χ0n) is 13.5. The van der Waals surface area contributed by atoms with Crippen LogP contribution in [-0.4, -0.2) is 36.7 Å². The van der Waals surface area contributed by atoms with E-state index >= 15 is 0 Å². The summed E-state index contributed by atoms with van der Waals surface area (Å²) in [4.78, 5) is 15.0. The third-order valence-corrected chi connectivity index (χ3v) is 4.70. The van der Waals surface area contributed by atoms with Crippen LogP contribution in [0.5, 0.6) is 0 Å². The van der Waals surface area contributed by atoms with Crippen molar-refractivity contribution in [3.63, 3.8) is 0 Å². The molecule has 0 unspecified atom stereocenters. The van der Waals surface area contributed by atoms with Gasteiger partial charge in [0.2, 0.25) is 0 Å². The number of aryl methyl sites for hydroxylation is 3. The molecule has 1 aliphatic heterocycles. The molecule has 0 saturated carbocycles. The molecule has 0 spiro atoms. The van der Waals surface area contributed by atoms with Crippen LogP contribution in [0.2, 0.25) is 0 Å². The minimum absolute atomic E-state index is 0.0179. The summed E-state index contributed by atoms with van der Waals surface area (Å²) in [7, 11) is 1.92. The summed E-state index contributed by atoms with van der Waals surface area (Å²) >= 11 is 0. The zero-order valence-corrected chi connectivity index (χ0v) is 13.5. The Kier molecular flexibility index (Phi) is 3.04. The summed E-state index contributed by atoms with van der Waals surface area (Å²) in [5.74, 6) is 0.815. The fourth-order valence-electron chi connectivity index (χ4n) is 3.63. The van der Waals surface area contributed by atoms with E-state index in [1.54, 1.807) is 10.7 Å². The Bertz CT molecular complexity index is 868. The van der Waals surface area contributed by atoms with E-state index in [0.717, 1.165) is 42.1 Å². The number of nitrogens with zero attached hydrogens (tertiary/aromatic N) is 5. The molecule has 4 heterocycles. The van der Waals surface area contributed by atoms with Crippen molar-refractivity contribution in [1.29, 1.82) is 0 Å². The van der Waals surface area contributed by atoms with E-state index in [1.165, 1.54) is 0 Å². The highest BCUT2D eigenvalue weighted by Gasteiger charge is 2.35. The van der Waals surface area contributed by atoms with Crippen molar-refractivity contribution in [2.75, 3.05) is 6.54 Å². The van der Waals surface area contributed by atoms with Crippen molar-refractivity contribution in [3.05, 3.63) is 41.2 Å². The van der Waals surface area contributed by atoms with Gasteiger partial charge in [-0.2, -0.15) is 5.10 Å². The van der Waals surface area contributed by atoms with Gasteiger partial charge in [0.15, 0.2) is 0 Å². The third kappa shape index (κ3) is 1.99. The summed E-state index contributed by atoms with van der Waals surface area (Å²) < 4.78 is 8.94. The second-order valence-corrected chi connectivity index (χ2v) is 6.13. The first-order chi connectivity index (χ1) is 11.1. The summed E-state index contributed by atoms with van der Waals surface area (Å²) in [5.41, 5.74) is 3.37. The van der Waals surface area contributed by atoms with E-state index in [9.17, 15) is 4.79 Å². The molecule has 4 rings (SSSR count). The summed E-state index contributed by atoms with van der Waals surface area (Å²) in [6.07, 6.45) is 7.32. The van der Waals surface area contributed by atoms with Gasteiger partial charge in [-0.3, -0.25) is 4.79 Å². The van der Waals surface area contributed by atoms with E-state index in [-0.39, 0.29) is 11.9 Å². The molecule has 0 radical (unpaired) electrons. The second-order valence-electron chi connectivity index (χ2n) is 6.13. The molecule has 1 saturated heterocycles. The van der Waals surface area contributed by atoms with Crippen LogP contribution < -0.4 is 0 Å². The van der Waals surface area contributed by atoms with Gasteiger partial charge in [0.1, 0.15) is 17.0 Å². The number of aromatic nitrogens is 4. The molecule has 1 aliphatic rings. The molecule has 3 aromatic heterocycles. The molecule has 23 heavy (non-hydrogen) atoms. The Hall–Kier alpha value is -2.57. The van der Waals surface area contributed by atoms with Crippen LogP contribution in [0.1, 0.15) is 46.3 Å². The average Bonchev–Trinajstić information content (AvgIpc) is 3.26. The van der Waals surface area contributed by atoms with Gasteiger partial charge in [0.25, 0.3) is 5.91 Å². The normalized spacial score (nSPS) is 18.2. The van der Waals surface area contributed by atoms with Crippen molar-refractivity contribution in [2.45, 2.75) is 32.7 Å². The first kappa shape index (κ1) is 14.0. The molecule has 0 N–H and O–H groups in total. The van der Waals surface area contributed by atoms with Gasteiger partial charge in [-0.25, -0.2) is 4.52 Å². The zero-order chi connectivity index (χ0) is 16.1. The average molecular weight is 313 g/mol. The van der Waals surface area contributed by atoms with Crippen molar-refractivity contribution < 1.29 is 9.32 Å². The molecular formula is C16H19N5O2. The minimum Gasteiger partial charge on any atom is -0.361 e. The number of hydrogen-bond donors (Lipinski definition) is 0. The van der Waals surface area contributed by atoms with Crippen LogP contribution >= 0.6 is 0 Å². The summed E-state index contributed by atoms with van der Waals surface area (Å²) in [5, 5.41) is 8.31. The minimum atomic E-state index is 0.0179. The van der Waals surface area contributed by atoms with Crippen molar-refractivity contribution in [1.82, 2.24) is 24.2 Å². The van der Waals surface area contributed by atoms with Crippen LogP contribution in [0.25, 0.3) is 5.65 Å². The Balaban J connectivity index is 1.74. The first-order valence-corrected chi connectivity index (χ1v) is 7.80. The Morgan fingerprint density at radius 1 is 1.35 bits per heavy atom. The predicted molar refractivity (Wildman–Crippen MR) is 83.2 cm³/mol. The fraction of sp³-hybridized carbons (Fsp3) is 0.438. The van der Waals surface area contributed by atoms with Crippen molar-refractivity contribution in [2.24, 2.45) is 7.05 Å². The highest BCUT2D eigenvalue weighted by Crippen LogP contribution is 2.36. The highest BCUT2D eigenvalue weighted by atomic mass is 16.5. The van der Waals surface area contributed by atoms with Gasteiger partial charge in [-0.15, -0.1) is 0 Å². The smallest absolute Gasteiger partial charge is 0.259 e. The van der Waals surface area contributed by atoms with Gasteiger partial charge in [0.05, 0.1) is 17.9 Å². The molecule has 0 aromatic carbocycles. The van der Waals surface area contributed by atoms with Gasteiger partial charge >= 0.3 is 0 Å². The SMILES string of the molecule is Cc1noc(C)c1[C@@H]1CCCN1C(=O)c1cnn2ccn(C)c12. The maximum absolute atomic E-state index is 13.1. The van der Waals surface area contributed by atoms with E-state index in [0.29, 0.717) is 5.56 Å². The van der Waals surface area contributed by atoms with Crippen LogP contribution in [0.4, 0.5) is 0 Å². The molecule has 1 fully saturated rings. The monoisotopic (exact) mass is 313 g/mol. The molecule has 1 atom stereocenters. The first-order valence-electron chi connectivity index (χ1n) is 7.80. The summed E-state index contributed by atoms with van der Waals surface area (Å²) in [6, 6.07) is 0.0315. The third-order valence-electron chi connectivity index (χ3n) is 4.70. The molecular weight excluding hydrogens is 294 g/mol. The molecule has 0 bridgehead atoms. The van der Waals surface area contributed by atoms with Gasteiger partial charge < -0.3 is 14.0 Å². The Morgan fingerprint density at radius 2 is 2.17 bits per heavy atom. The standard InChI is InChI=1S/C16H19N5O2/c1-10-14(11(2)23-18-10)13-5-4-6-20(13)16(22)12-9-17-21-8-7-19(3)15(12)21/h7-9,13H,4-6H2,1-3H3/t13-/m0/s1.